The standard InChI is InChI=1S/C10H18N2O4/c1-3-15-5-4-9-11-10(16-12-9)6-8(13)7-14-2/h8,13H,3-7H2,1-2H3. The molecule has 0 saturated heterocycles. The molecule has 0 aliphatic rings. The van der Waals surface area contributed by atoms with Gasteiger partial charge in [0.1, 0.15) is 0 Å². The number of aliphatic hydroxyl groups is 1. The fraction of sp³-hybridized carbons (Fsp3) is 0.800. The molecule has 1 N–H and O–H groups in total. The second kappa shape index (κ2) is 7.32. The van der Waals surface area contributed by atoms with Gasteiger partial charge in [0.15, 0.2) is 5.82 Å². The number of nitrogens with zero attached hydrogens (tertiary/aromatic N) is 2. The van der Waals surface area contributed by atoms with Gasteiger partial charge in [-0.25, -0.2) is 0 Å². The highest BCUT2D eigenvalue weighted by Crippen LogP contribution is 2.02. The Morgan fingerprint density at radius 1 is 1.50 bits per heavy atom. The number of methoxy groups -OCH3 is 1. The van der Waals surface area contributed by atoms with E-state index in [9.17, 15) is 5.11 Å². The Hall–Kier alpha value is -0.980. The van der Waals surface area contributed by atoms with Crippen molar-refractivity contribution in [3.63, 3.8) is 0 Å². The summed E-state index contributed by atoms with van der Waals surface area (Å²) < 4.78 is 15.0. The highest BCUT2D eigenvalue weighted by Gasteiger charge is 2.11. The molecule has 92 valence electrons. The Bertz CT molecular complexity index is 290. The van der Waals surface area contributed by atoms with Crippen molar-refractivity contribution < 1.29 is 19.1 Å². The summed E-state index contributed by atoms with van der Waals surface area (Å²) in [6, 6.07) is 0. The van der Waals surface area contributed by atoms with Gasteiger partial charge in [-0.3, -0.25) is 0 Å². The third kappa shape index (κ3) is 4.69. The van der Waals surface area contributed by atoms with Gasteiger partial charge in [-0.1, -0.05) is 5.16 Å². The molecule has 0 spiro atoms. The maximum absolute atomic E-state index is 9.45. The van der Waals surface area contributed by atoms with Crippen LogP contribution >= 0.6 is 0 Å². The lowest BCUT2D eigenvalue weighted by atomic mass is 10.3. The molecule has 0 fully saturated rings. The molecule has 16 heavy (non-hydrogen) atoms. The van der Waals surface area contributed by atoms with Crippen molar-refractivity contribution >= 4 is 0 Å². The van der Waals surface area contributed by atoms with Crippen LogP contribution < -0.4 is 0 Å². The zero-order valence-electron chi connectivity index (χ0n) is 9.68. The maximum atomic E-state index is 9.45. The molecule has 0 saturated carbocycles. The monoisotopic (exact) mass is 230 g/mol. The van der Waals surface area contributed by atoms with Crippen molar-refractivity contribution in [1.29, 1.82) is 0 Å². The lowest BCUT2D eigenvalue weighted by molar-refractivity contribution is 0.0599. The van der Waals surface area contributed by atoms with Crippen LogP contribution in [0.5, 0.6) is 0 Å². The third-order valence-electron chi connectivity index (χ3n) is 1.95. The average molecular weight is 230 g/mol. The lowest BCUT2D eigenvalue weighted by Gasteiger charge is -2.04. The third-order valence-corrected chi connectivity index (χ3v) is 1.95. The van der Waals surface area contributed by atoms with Crippen molar-refractivity contribution in [2.24, 2.45) is 0 Å². The molecule has 6 heteroatoms. The molecular formula is C10H18N2O4. The SMILES string of the molecule is CCOCCc1noc(CC(O)COC)n1. The molecule has 0 aliphatic heterocycles. The molecular weight excluding hydrogens is 212 g/mol. The van der Waals surface area contributed by atoms with E-state index in [0.717, 1.165) is 0 Å². The van der Waals surface area contributed by atoms with Crippen molar-refractivity contribution in [2.75, 3.05) is 26.9 Å². The van der Waals surface area contributed by atoms with Gasteiger partial charge in [-0.15, -0.1) is 0 Å². The first-order chi connectivity index (χ1) is 7.76. The predicted octanol–water partition coefficient (Wildman–Crippen LogP) is 0.198. The quantitative estimate of drug-likeness (QED) is 0.643. The van der Waals surface area contributed by atoms with E-state index in [1.54, 1.807) is 0 Å². The molecule has 1 rings (SSSR count). The molecule has 1 heterocycles. The molecule has 1 aromatic heterocycles. The van der Waals surface area contributed by atoms with Crippen LogP contribution in [0.4, 0.5) is 0 Å². The van der Waals surface area contributed by atoms with Gasteiger partial charge >= 0.3 is 0 Å². The summed E-state index contributed by atoms with van der Waals surface area (Å²) in [7, 11) is 1.53. The van der Waals surface area contributed by atoms with Gasteiger partial charge in [0, 0.05) is 20.1 Å². The highest BCUT2D eigenvalue weighted by atomic mass is 16.5. The van der Waals surface area contributed by atoms with Crippen LogP contribution in [0.2, 0.25) is 0 Å². The van der Waals surface area contributed by atoms with Crippen LogP contribution in [-0.2, 0) is 22.3 Å². The van der Waals surface area contributed by atoms with E-state index in [2.05, 4.69) is 10.1 Å². The summed E-state index contributed by atoms with van der Waals surface area (Å²) in [5, 5.41) is 13.2. The van der Waals surface area contributed by atoms with Crippen LogP contribution in [-0.4, -0.2) is 48.3 Å². The van der Waals surface area contributed by atoms with Crippen molar-refractivity contribution in [3.05, 3.63) is 11.7 Å². The summed E-state index contributed by atoms with van der Waals surface area (Å²) in [6.07, 6.45) is 0.331. The van der Waals surface area contributed by atoms with Crippen LogP contribution in [0.15, 0.2) is 4.52 Å². The Kier molecular flexibility index (Phi) is 5.99. The van der Waals surface area contributed by atoms with Crippen LogP contribution in [0.1, 0.15) is 18.6 Å². The van der Waals surface area contributed by atoms with E-state index in [1.807, 2.05) is 6.92 Å². The van der Waals surface area contributed by atoms with Gasteiger partial charge in [-0.2, -0.15) is 4.98 Å². The lowest BCUT2D eigenvalue weighted by Crippen LogP contribution is -2.17. The summed E-state index contributed by atoms with van der Waals surface area (Å²) in [5.74, 6) is 1.03. The van der Waals surface area contributed by atoms with Crippen LogP contribution in [0.3, 0.4) is 0 Å². The van der Waals surface area contributed by atoms with Gasteiger partial charge in [0.2, 0.25) is 5.89 Å². The first kappa shape index (κ1) is 13.1. The fourth-order valence-electron chi connectivity index (χ4n) is 1.24. The minimum absolute atomic E-state index is 0.261. The number of aliphatic hydroxyl groups excluding tert-OH is 1. The Labute approximate surface area is 94.6 Å². The van der Waals surface area contributed by atoms with E-state index in [1.165, 1.54) is 7.11 Å². The largest absolute Gasteiger partial charge is 0.390 e. The molecule has 0 aromatic carbocycles. The van der Waals surface area contributed by atoms with E-state index >= 15 is 0 Å². The molecule has 1 aromatic rings. The summed E-state index contributed by atoms with van der Waals surface area (Å²) >= 11 is 0. The highest BCUT2D eigenvalue weighted by molar-refractivity contribution is 4.88. The molecule has 0 aliphatic carbocycles. The van der Waals surface area contributed by atoms with Gasteiger partial charge in [-0.05, 0) is 6.92 Å². The van der Waals surface area contributed by atoms with E-state index in [-0.39, 0.29) is 6.61 Å². The minimum Gasteiger partial charge on any atom is -0.390 e. The molecule has 0 bridgehead atoms. The molecule has 1 unspecified atom stereocenters. The van der Waals surface area contributed by atoms with Crippen molar-refractivity contribution in [3.8, 4) is 0 Å². The Morgan fingerprint density at radius 2 is 2.31 bits per heavy atom. The fourth-order valence-corrected chi connectivity index (χ4v) is 1.24. The molecule has 0 radical (unpaired) electrons. The van der Waals surface area contributed by atoms with Gasteiger partial charge in [0.05, 0.1) is 25.7 Å². The predicted molar refractivity (Wildman–Crippen MR) is 56.1 cm³/mol. The normalized spacial score (nSPS) is 12.9. The molecule has 0 amide bonds. The molecule has 6 nitrogen and oxygen atoms in total. The maximum Gasteiger partial charge on any atom is 0.229 e. The number of rotatable bonds is 8. The van der Waals surface area contributed by atoms with E-state index in [4.69, 9.17) is 14.0 Å². The number of aromatic nitrogens is 2. The van der Waals surface area contributed by atoms with Crippen molar-refractivity contribution in [2.45, 2.75) is 25.9 Å². The zero-order chi connectivity index (χ0) is 11.8. The molecule has 1 atom stereocenters. The zero-order valence-corrected chi connectivity index (χ0v) is 9.68. The Balaban J connectivity index is 2.33. The summed E-state index contributed by atoms with van der Waals surface area (Å²) in [5.41, 5.74) is 0. The number of hydrogen-bond acceptors (Lipinski definition) is 6. The smallest absolute Gasteiger partial charge is 0.229 e. The van der Waals surface area contributed by atoms with Crippen LogP contribution in [0, 0.1) is 0 Å². The summed E-state index contributed by atoms with van der Waals surface area (Å²) in [6.45, 7) is 3.45. The summed E-state index contributed by atoms with van der Waals surface area (Å²) in [4.78, 5) is 4.13. The minimum atomic E-state index is -0.606. The van der Waals surface area contributed by atoms with Crippen molar-refractivity contribution in [1.82, 2.24) is 10.1 Å². The first-order valence-corrected chi connectivity index (χ1v) is 5.32. The second-order valence-electron chi connectivity index (χ2n) is 3.36. The van der Waals surface area contributed by atoms with E-state index < -0.39 is 6.10 Å². The van der Waals surface area contributed by atoms with Gasteiger partial charge in [0.25, 0.3) is 0 Å². The van der Waals surface area contributed by atoms with Gasteiger partial charge < -0.3 is 19.1 Å². The Morgan fingerprint density at radius 3 is 3.00 bits per heavy atom. The first-order valence-electron chi connectivity index (χ1n) is 5.32. The topological polar surface area (TPSA) is 77.6 Å². The van der Waals surface area contributed by atoms with E-state index in [0.29, 0.717) is 37.8 Å². The number of hydrogen-bond donors (Lipinski definition) is 1. The average Bonchev–Trinajstić information content (AvgIpc) is 2.66. The number of ether oxygens (including phenoxy) is 2. The van der Waals surface area contributed by atoms with Crippen LogP contribution in [0.25, 0.3) is 0 Å². The second-order valence-corrected chi connectivity index (χ2v) is 3.36.